The van der Waals surface area contributed by atoms with Gasteiger partial charge in [0.1, 0.15) is 24.7 Å². The van der Waals surface area contributed by atoms with E-state index in [1.165, 1.54) is 51.4 Å². The largest absolute Gasteiger partial charge is 0.488 e. The molecule has 0 saturated carbocycles. The van der Waals surface area contributed by atoms with E-state index < -0.39 is 12.2 Å². The van der Waals surface area contributed by atoms with Crippen LogP contribution in [0.5, 0.6) is 11.5 Å². The van der Waals surface area contributed by atoms with E-state index >= 15 is 0 Å². The van der Waals surface area contributed by atoms with Gasteiger partial charge in [-0.25, -0.2) is 0 Å². The van der Waals surface area contributed by atoms with Crippen LogP contribution in [0, 0.1) is 0 Å². The van der Waals surface area contributed by atoms with Gasteiger partial charge in [0, 0.05) is 47.6 Å². The first-order valence-electron chi connectivity index (χ1n) is 21.2. The molecule has 3 aromatic carbocycles. The van der Waals surface area contributed by atoms with E-state index in [0.717, 1.165) is 59.2 Å². The van der Waals surface area contributed by atoms with Gasteiger partial charge in [0.2, 0.25) is 0 Å². The Morgan fingerprint density at radius 3 is 1.41 bits per heavy atom. The number of carbonyl (C=O) groups excluding carboxylic acids is 2. The Balaban J connectivity index is 1.83. The number of ether oxygens (including phenoxy) is 6. The summed E-state index contributed by atoms with van der Waals surface area (Å²) in [6.45, 7) is 12.6. The molecule has 302 valence electrons. The van der Waals surface area contributed by atoms with Gasteiger partial charge in [0.25, 0.3) is 0 Å². The number of benzene rings is 3. The van der Waals surface area contributed by atoms with Crippen molar-refractivity contribution in [2.75, 3.05) is 39.6 Å². The SMILES string of the molecule is CCCCCCCCOCC(COc1c2ccccc2c(OCC(COCCCCCCCC)OC(=O)CCC)c2cc(CC)ccc12)OC(=O)CCC. The van der Waals surface area contributed by atoms with Gasteiger partial charge in [0.15, 0.2) is 12.2 Å². The number of unbranched alkanes of at least 4 members (excludes halogenated alkanes) is 10. The Morgan fingerprint density at radius 1 is 0.500 bits per heavy atom. The summed E-state index contributed by atoms with van der Waals surface area (Å²) in [5, 5.41) is 3.58. The third kappa shape index (κ3) is 16.2. The minimum atomic E-state index is -0.543. The minimum absolute atomic E-state index is 0.159. The van der Waals surface area contributed by atoms with Crippen LogP contribution in [0.2, 0.25) is 0 Å². The Labute approximate surface area is 325 Å². The van der Waals surface area contributed by atoms with Gasteiger partial charge >= 0.3 is 11.9 Å². The third-order valence-electron chi connectivity index (χ3n) is 9.62. The molecule has 3 rings (SSSR count). The number of carbonyl (C=O) groups is 2. The number of aryl methyl sites for hydroxylation is 1. The van der Waals surface area contributed by atoms with Gasteiger partial charge < -0.3 is 28.4 Å². The van der Waals surface area contributed by atoms with Crippen molar-refractivity contribution in [3.8, 4) is 11.5 Å². The van der Waals surface area contributed by atoms with E-state index in [1.54, 1.807) is 0 Å². The van der Waals surface area contributed by atoms with Gasteiger partial charge in [-0.2, -0.15) is 0 Å². The number of rotatable bonds is 31. The summed E-state index contributed by atoms with van der Waals surface area (Å²) in [7, 11) is 0. The fourth-order valence-corrected chi connectivity index (χ4v) is 6.56. The molecule has 0 radical (unpaired) electrons. The predicted molar refractivity (Wildman–Crippen MR) is 220 cm³/mol. The smallest absolute Gasteiger partial charge is 0.306 e. The van der Waals surface area contributed by atoms with E-state index in [1.807, 2.05) is 38.1 Å². The molecule has 0 spiro atoms. The molecule has 0 aliphatic heterocycles. The highest BCUT2D eigenvalue weighted by molar-refractivity contribution is 6.11. The van der Waals surface area contributed by atoms with Crippen LogP contribution >= 0.6 is 0 Å². The van der Waals surface area contributed by atoms with Crippen molar-refractivity contribution in [3.05, 3.63) is 48.0 Å². The Morgan fingerprint density at radius 2 is 0.944 bits per heavy atom. The van der Waals surface area contributed by atoms with E-state index in [2.05, 4.69) is 39.0 Å². The summed E-state index contributed by atoms with van der Waals surface area (Å²) >= 11 is 0. The second kappa shape index (κ2) is 27.3. The van der Waals surface area contributed by atoms with E-state index in [0.29, 0.717) is 50.4 Å². The molecule has 0 bridgehead atoms. The van der Waals surface area contributed by atoms with Crippen LogP contribution in [0.4, 0.5) is 0 Å². The number of hydrogen-bond donors (Lipinski definition) is 0. The Bertz CT molecular complexity index is 1490. The lowest BCUT2D eigenvalue weighted by molar-refractivity contribution is -0.155. The van der Waals surface area contributed by atoms with Gasteiger partial charge in [-0.05, 0) is 43.7 Å². The number of fused-ring (bicyclic) bond motifs is 2. The molecule has 0 aliphatic carbocycles. The lowest BCUT2D eigenvalue weighted by Gasteiger charge is -2.23. The van der Waals surface area contributed by atoms with Crippen LogP contribution in [-0.2, 0) is 35.0 Å². The predicted octanol–water partition coefficient (Wildman–Crippen LogP) is 11.5. The zero-order valence-electron chi connectivity index (χ0n) is 34.2. The maximum atomic E-state index is 12.6. The average molecular weight is 751 g/mol. The van der Waals surface area contributed by atoms with Crippen LogP contribution in [0.1, 0.15) is 143 Å². The standard InChI is InChI=1S/C46H70O8/c1-6-11-13-15-17-21-29-49-32-37(53-43(47)23-8-3)34-51-45-39-25-19-20-26-40(39)46(42-31-36(10-5)27-28-41(42)45)52-35-38(54-44(48)24-9-4)33-50-30-22-18-16-14-12-7-2/h19-20,25-28,31,37-38H,6-18,21-24,29-30,32-35H2,1-5H3. The molecule has 0 aromatic heterocycles. The zero-order chi connectivity index (χ0) is 38.8. The summed E-state index contributed by atoms with van der Waals surface area (Å²) in [6, 6.07) is 14.4. The Hall–Kier alpha value is -3.36. The van der Waals surface area contributed by atoms with Crippen molar-refractivity contribution in [3.63, 3.8) is 0 Å². The monoisotopic (exact) mass is 751 g/mol. The highest BCUT2D eigenvalue weighted by Gasteiger charge is 2.22. The summed E-state index contributed by atoms with van der Waals surface area (Å²) in [5.41, 5.74) is 1.16. The molecular formula is C46H70O8. The first-order chi connectivity index (χ1) is 26.4. The maximum absolute atomic E-state index is 12.6. The molecular weight excluding hydrogens is 680 g/mol. The zero-order valence-corrected chi connectivity index (χ0v) is 34.2. The van der Waals surface area contributed by atoms with Crippen molar-refractivity contribution in [1.29, 1.82) is 0 Å². The topological polar surface area (TPSA) is 89.5 Å². The van der Waals surface area contributed by atoms with E-state index in [9.17, 15) is 9.59 Å². The molecule has 0 N–H and O–H groups in total. The van der Waals surface area contributed by atoms with E-state index in [4.69, 9.17) is 28.4 Å². The molecule has 54 heavy (non-hydrogen) atoms. The minimum Gasteiger partial charge on any atom is -0.488 e. The van der Waals surface area contributed by atoms with Crippen molar-refractivity contribution in [2.45, 2.75) is 156 Å². The third-order valence-corrected chi connectivity index (χ3v) is 9.62. The van der Waals surface area contributed by atoms with Crippen LogP contribution < -0.4 is 9.47 Å². The highest BCUT2D eigenvalue weighted by atomic mass is 16.6. The molecule has 0 amide bonds. The van der Waals surface area contributed by atoms with E-state index in [-0.39, 0.29) is 38.4 Å². The molecule has 2 atom stereocenters. The molecule has 2 unspecified atom stereocenters. The van der Waals surface area contributed by atoms with Crippen LogP contribution in [-0.4, -0.2) is 63.8 Å². The Kier molecular flexibility index (Phi) is 22.7. The van der Waals surface area contributed by atoms with Crippen LogP contribution in [0.3, 0.4) is 0 Å². The quantitative estimate of drug-likeness (QED) is 0.0365. The fourth-order valence-electron chi connectivity index (χ4n) is 6.56. The maximum Gasteiger partial charge on any atom is 0.306 e. The molecule has 3 aromatic rings. The van der Waals surface area contributed by atoms with Crippen molar-refractivity contribution >= 4 is 33.5 Å². The summed E-state index contributed by atoms with van der Waals surface area (Å²) in [5.74, 6) is 0.928. The van der Waals surface area contributed by atoms with Crippen molar-refractivity contribution in [1.82, 2.24) is 0 Å². The van der Waals surface area contributed by atoms with Gasteiger partial charge in [-0.3, -0.25) is 9.59 Å². The molecule has 0 aliphatic rings. The van der Waals surface area contributed by atoms with Gasteiger partial charge in [-0.1, -0.05) is 135 Å². The van der Waals surface area contributed by atoms with Crippen molar-refractivity contribution < 1.29 is 38.0 Å². The fraction of sp³-hybridized carbons (Fsp3) is 0.652. The molecule has 0 saturated heterocycles. The second-order valence-electron chi connectivity index (χ2n) is 14.5. The van der Waals surface area contributed by atoms with Crippen molar-refractivity contribution in [2.24, 2.45) is 0 Å². The normalized spacial score (nSPS) is 12.5. The number of hydrogen-bond acceptors (Lipinski definition) is 8. The molecule has 0 heterocycles. The first kappa shape index (κ1) is 45.0. The van der Waals surface area contributed by atoms with Crippen LogP contribution in [0.15, 0.2) is 42.5 Å². The molecule has 8 nitrogen and oxygen atoms in total. The molecule has 8 heteroatoms. The lowest BCUT2D eigenvalue weighted by Crippen LogP contribution is -2.30. The summed E-state index contributed by atoms with van der Waals surface area (Å²) < 4.78 is 37.1. The van der Waals surface area contributed by atoms with Gasteiger partial charge in [-0.15, -0.1) is 0 Å². The average Bonchev–Trinajstić information content (AvgIpc) is 3.17. The second-order valence-corrected chi connectivity index (χ2v) is 14.5. The lowest BCUT2D eigenvalue weighted by atomic mass is 9.98. The molecule has 0 fully saturated rings. The highest BCUT2D eigenvalue weighted by Crippen LogP contribution is 2.43. The summed E-state index contributed by atoms with van der Waals surface area (Å²) in [6.07, 6.45) is 16.1. The first-order valence-corrected chi connectivity index (χ1v) is 21.2. The number of esters is 2. The van der Waals surface area contributed by atoms with Gasteiger partial charge in [0.05, 0.1) is 13.2 Å². The summed E-state index contributed by atoms with van der Waals surface area (Å²) in [4.78, 5) is 25.3. The van der Waals surface area contributed by atoms with Crippen LogP contribution in [0.25, 0.3) is 21.5 Å².